The molecule has 0 unspecified atom stereocenters. The minimum atomic E-state index is -0.180. The zero-order chi connectivity index (χ0) is 16.6. The topological polar surface area (TPSA) is 17.1 Å². The standard InChI is InChI=1S/C21H34O/c1-7-9-10-11-21(18(22)8-2)14-16-17(15-21)20(5,6)13-12-19(16,3)4/h8H,2,7,9-15H2,1,3-6H3. The summed E-state index contributed by atoms with van der Waals surface area (Å²) in [6, 6.07) is 0. The molecule has 1 nitrogen and oxygen atoms in total. The van der Waals surface area contributed by atoms with Crippen LogP contribution in [0.5, 0.6) is 0 Å². The van der Waals surface area contributed by atoms with Gasteiger partial charge < -0.3 is 0 Å². The molecular formula is C21H34O. The third-order valence-electron chi connectivity index (χ3n) is 6.37. The lowest BCUT2D eigenvalue weighted by Crippen LogP contribution is -2.28. The van der Waals surface area contributed by atoms with Crippen molar-refractivity contribution in [3.8, 4) is 0 Å². The normalized spacial score (nSPS) is 25.0. The van der Waals surface area contributed by atoms with Crippen molar-refractivity contribution in [1.29, 1.82) is 0 Å². The van der Waals surface area contributed by atoms with Crippen LogP contribution in [0.3, 0.4) is 0 Å². The average molecular weight is 303 g/mol. The van der Waals surface area contributed by atoms with Crippen LogP contribution in [-0.2, 0) is 4.79 Å². The summed E-state index contributed by atoms with van der Waals surface area (Å²) in [5, 5.41) is 0. The molecule has 0 amide bonds. The molecule has 0 aromatic rings. The molecule has 0 aromatic carbocycles. The van der Waals surface area contributed by atoms with Crippen molar-refractivity contribution in [3.63, 3.8) is 0 Å². The van der Waals surface area contributed by atoms with Crippen molar-refractivity contribution >= 4 is 5.78 Å². The number of hydrogen-bond acceptors (Lipinski definition) is 1. The van der Waals surface area contributed by atoms with E-state index in [0.717, 1.165) is 25.7 Å². The molecule has 0 aliphatic heterocycles. The molecule has 2 aliphatic rings. The van der Waals surface area contributed by atoms with Gasteiger partial charge in [0, 0.05) is 5.41 Å². The largest absolute Gasteiger partial charge is 0.294 e. The fourth-order valence-electron chi connectivity index (χ4n) is 4.58. The van der Waals surface area contributed by atoms with E-state index in [9.17, 15) is 4.79 Å². The van der Waals surface area contributed by atoms with Crippen molar-refractivity contribution in [2.75, 3.05) is 0 Å². The Morgan fingerprint density at radius 3 is 1.95 bits per heavy atom. The molecule has 0 atom stereocenters. The zero-order valence-corrected chi connectivity index (χ0v) is 15.3. The summed E-state index contributed by atoms with van der Waals surface area (Å²) >= 11 is 0. The van der Waals surface area contributed by atoms with Gasteiger partial charge in [-0.25, -0.2) is 0 Å². The SMILES string of the molecule is C=CC(=O)C1(CCCCC)CC2=C(C1)C(C)(C)CCC2(C)C. The van der Waals surface area contributed by atoms with Gasteiger partial charge >= 0.3 is 0 Å². The second-order valence-electron chi connectivity index (χ2n) is 8.88. The molecule has 0 spiro atoms. The zero-order valence-electron chi connectivity index (χ0n) is 15.3. The van der Waals surface area contributed by atoms with E-state index in [1.165, 1.54) is 25.7 Å². The van der Waals surface area contributed by atoms with Crippen LogP contribution >= 0.6 is 0 Å². The van der Waals surface area contributed by atoms with Crippen molar-refractivity contribution in [2.24, 2.45) is 16.2 Å². The molecule has 2 rings (SSSR count). The Bertz CT molecular complexity index is 462. The molecule has 0 radical (unpaired) electrons. The maximum absolute atomic E-state index is 12.8. The number of unbranched alkanes of at least 4 members (excludes halogenated alkanes) is 2. The first-order valence-electron chi connectivity index (χ1n) is 9.08. The highest BCUT2D eigenvalue weighted by Crippen LogP contribution is 2.61. The minimum absolute atomic E-state index is 0.180. The van der Waals surface area contributed by atoms with Gasteiger partial charge in [-0.2, -0.15) is 0 Å². The Labute approximate surface area is 137 Å². The van der Waals surface area contributed by atoms with Crippen LogP contribution in [0.2, 0.25) is 0 Å². The number of rotatable bonds is 6. The number of allylic oxidation sites excluding steroid dienone is 3. The Morgan fingerprint density at radius 2 is 1.55 bits per heavy atom. The van der Waals surface area contributed by atoms with E-state index < -0.39 is 0 Å². The lowest BCUT2D eigenvalue weighted by atomic mass is 9.64. The molecule has 0 aromatic heterocycles. The monoisotopic (exact) mass is 302 g/mol. The average Bonchev–Trinajstić information content (AvgIpc) is 2.87. The van der Waals surface area contributed by atoms with Crippen molar-refractivity contribution in [2.45, 2.75) is 86.0 Å². The number of carbonyl (C=O) groups excluding carboxylic acids is 1. The summed E-state index contributed by atoms with van der Waals surface area (Å²) in [7, 11) is 0. The third kappa shape index (κ3) is 2.96. The number of carbonyl (C=O) groups is 1. The van der Waals surface area contributed by atoms with Gasteiger partial charge in [0.1, 0.15) is 0 Å². The Balaban J connectivity index is 2.34. The van der Waals surface area contributed by atoms with E-state index in [-0.39, 0.29) is 22.0 Å². The second kappa shape index (κ2) is 5.98. The second-order valence-corrected chi connectivity index (χ2v) is 8.88. The lowest BCUT2D eigenvalue weighted by Gasteiger charge is -2.41. The number of hydrogen-bond donors (Lipinski definition) is 0. The van der Waals surface area contributed by atoms with Crippen molar-refractivity contribution in [3.05, 3.63) is 23.8 Å². The highest BCUT2D eigenvalue weighted by molar-refractivity contribution is 5.95. The summed E-state index contributed by atoms with van der Waals surface area (Å²) in [6.45, 7) is 15.5. The molecule has 0 heterocycles. The molecule has 22 heavy (non-hydrogen) atoms. The number of ketones is 1. The maximum Gasteiger partial charge on any atom is 0.161 e. The van der Waals surface area contributed by atoms with Gasteiger partial charge in [0.2, 0.25) is 0 Å². The van der Waals surface area contributed by atoms with Crippen LogP contribution < -0.4 is 0 Å². The Morgan fingerprint density at radius 1 is 1.05 bits per heavy atom. The van der Waals surface area contributed by atoms with Gasteiger partial charge in [0.25, 0.3) is 0 Å². The molecule has 0 bridgehead atoms. The third-order valence-corrected chi connectivity index (χ3v) is 6.37. The van der Waals surface area contributed by atoms with E-state index in [1.807, 2.05) is 0 Å². The molecule has 0 N–H and O–H groups in total. The van der Waals surface area contributed by atoms with E-state index >= 15 is 0 Å². The van der Waals surface area contributed by atoms with Crippen LogP contribution in [0.15, 0.2) is 23.8 Å². The smallest absolute Gasteiger partial charge is 0.161 e. The fourth-order valence-corrected chi connectivity index (χ4v) is 4.58. The maximum atomic E-state index is 12.8. The Hall–Kier alpha value is -0.850. The molecule has 1 heteroatoms. The van der Waals surface area contributed by atoms with E-state index in [0.29, 0.717) is 0 Å². The van der Waals surface area contributed by atoms with Crippen LogP contribution in [0.1, 0.15) is 86.0 Å². The lowest BCUT2D eigenvalue weighted by molar-refractivity contribution is -0.124. The first-order chi connectivity index (χ1) is 10.2. The summed E-state index contributed by atoms with van der Waals surface area (Å²) in [6.07, 6.45) is 10.7. The van der Waals surface area contributed by atoms with Gasteiger partial charge in [-0.05, 0) is 49.0 Å². The predicted octanol–water partition coefficient (Wildman–Crippen LogP) is 6.24. The molecule has 124 valence electrons. The van der Waals surface area contributed by atoms with Crippen molar-refractivity contribution in [1.82, 2.24) is 0 Å². The first kappa shape index (κ1) is 17.5. The fraction of sp³-hybridized carbons (Fsp3) is 0.762. The molecule has 2 aliphatic carbocycles. The highest BCUT2D eigenvalue weighted by atomic mass is 16.1. The van der Waals surface area contributed by atoms with Crippen LogP contribution in [0.4, 0.5) is 0 Å². The first-order valence-corrected chi connectivity index (χ1v) is 9.08. The summed E-state index contributed by atoms with van der Waals surface area (Å²) in [5.74, 6) is 0.282. The van der Waals surface area contributed by atoms with Crippen molar-refractivity contribution < 1.29 is 4.79 Å². The molecule has 0 saturated carbocycles. The molecule has 0 saturated heterocycles. The Kier molecular flexibility index (Phi) is 4.76. The van der Waals surface area contributed by atoms with Crippen LogP contribution in [0.25, 0.3) is 0 Å². The van der Waals surface area contributed by atoms with Crippen LogP contribution in [-0.4, -0.2) is 5.78 Å². The summed E-state index contributed by atoms with van der Waals surface area (Å²) in [4.78, 5) is 12.8. The minimum Gasteiger partial charge on any atom is -0.294 e. The predicted molar refractivity (Wildman–Crippen MR) is 94.8 cm³/mol. The van der Waals surface area contributed by atoms with Gasteiger partial charge in [-0.3, -0.25) is 4.79 Å². The highest BCUT2D eigenvalue weighted by Gasteiger charge is 2.51. The molecule has 0 fully saturated rings. The quantitative estimate of drug-likeness (QED) is 0.322. The van der Waals surface area contributed by atoms with Gasteiger partial charge in [-0.1, -0.05) is 71.6 Å². The van der Waals surface area contributed by atoms with Gasteiger partial charge in [0.05, 0.1) is 0 Å². The van der Waals surface area contributed by atoms with E-state index in [4.69, 9.17) is 0 Å². The van der Waals surface area contributed by atoms with Gasteiger partial charge in [0.15, 0.2) is 5.78 Å². The molecular weight excluding hydrogens is 268 g/mol. The van der Waals surface area contributed by atoms with E-state index in [2.05, 4.69) is 41.2 Å². The summed E-state index contributed by atoms with van der Waals surface area (Å²) < 4.78 is 0. The van der Waals surface area contributed by atoms with E-state index in [1.54, 1.807) is 17.2 Å². The summed E-state index contributed by atoms with van der Waals surface area (Å²) in [5.41, 5.74) is 3.53. The van der Waals surface area contributed by atoms with Crippen LogP contribution in [0, 0.1) is 16.2 Å². The van der Waals surface area contributed by atoms with Gasteiger partial charge in [-0.15, -0.1) is 0 Å².